The lowest BCUT2D eigenvalue weighted by atomic mass is 9.90. The monoisotopic (exact) mass is 309 g/mol. The van der Waals surface area contributed by atoms with Gasteiger partial charge in [-0.2, -0.15) is 0 Å². The van der Waals surface area contributed by atoms with Crippen LogP contribution in [0.15, 0.2) is 36.4 Å². The van der Waals surface area contributed by atoms with Crippen LogP contribution in [0.25, 0.3) is 0 Å². The molecule has 2 N–H and O–H groups in total. The van der Waals surface area contributed by atoms with Crippen molar-refractivity contribution in [3.63, 3.8) is 0 Å². The number of nitrogens with one attached hydrogen (secondary N) is 1. The first kappa shape index (κ1) is 15.8. The van der Waals surface area contributed by atoms with Crippen molar-refractivity contribution >= 4 is 11.6 Å². The molecule has 0 unspecified atom stereocenters. The molecule has 0 heterocycles. The Morgan fingerprint density at radius 3 is 2.57 bits per heavy atom. The van der Waals surface area contributed by atoms with E-state index in [4.69, 9.17) is 0 Å². The molecule has 1 aliphatic rings. The van der Waals surface area contributed by atoms with Gasteiger partial charge in [-0.1, -0.05) is 30.3 Å². The van der Waals surface area contributed by atoms with E-state index in [9.17, 15) is 9.90 Å². The first-order valence-electron chi connectivity index (χ1n) is 8.26. The van der Waals surface area contributed by atoms with Crippen LogP contribution in [0.3, 0.4) is 0 Å². The number of fused-ring (bicyclic) bond motifs is 1. The molecule has 120 valence electrons. The summed E-state index contributed by atoms with van der Waals surface area (Å²) >= 11 is 0. The molecular formula is C20H23NO2. The van der Waals surface area contributed by atoms with E-state index in [2.05, 4.69) is 23.5 Å². The van der Waals surface area contributed by atoms with Crippen LogP contribution < -0.4 is 5.32 Å². The number of benzene rings is 2. The van der Waals surface area contributed by atoms with Crippen molar-refractivity contribution < 1.29 is 9.90 Å². The fourth-order valence-corrected chi connectivity index (χ4v) is 3.18. The molecule has 0 atom stereocenters. The maximum atomic E-state index is 12.3. The topological polar surface area (TPSA) is 49.3 Å². The van der Waals surface area contributed by atoms with Gasteiger partial charge in [0.1, 0.15) is 0 Å². The SMILES string of the molecule is Cc1ccc(CO)cc1NC(=O)Cc1ccc2c(c1)CCCC2. The van der Waals surface area contributed by atoms with Gasteiger partial charge in [-0.25, -0.2) is 0 Å². The summed E-state index contributed by atoms with van der Waals surface area (Å²) in [6, 6.07) is 12.1. The maximum absolute atomic E-state index is 12.3. The van der Waals surface area contributed by atoms with Gasteiger partial charge in [0.05, 0.1) is 13.0 Å². The summed E-state index contributed by atoms with van der Waals surface area (Å²) in [5.74, 6) is -0.0149. The molecular weight excluding hydrogens is 286 g/mol. The van der Waals surface area contributed by atoms with Gasteiger partial charge >= 0.3 is 0 Å². The number of rotatable bonds is 4. The Labute approximate surface area is 137 Å². The molecule has 0 saturated carbocycles. The molecule has 3 heteroatoms. The molecule has 1 amide bonds. The standard InChI is InChI=1S/C20H23NO2/c1-14-6-7-16(13-22)11-19(14)21-20(23)12-15-8-9-17-4-2-3-5-18(17)10-15/h6-11,22H,2-5,12-13H2,1H3,(H,21,23). The number of hydrogen-bond acceptors (Lipinski definition) is 2. The predicted molar refractivity (Wildman–Crippen MR) is 92.5 cm³/mol. The predicted octanol–water partition coefficient (Wildman–Crippen LogP) is 3.55. The zero-order chi connectivity index (χ0) is 16.2. The van der Waals surface area contributed by atoms with E-state index in [1.807, 2.05) is 25.1 Å². The van der Waals surface area contributed by atoms with Crippen molar-refractivity contribution in [2.45, 2.75) is 45.6 Å². The van der Waals surface area contributed by atoms with Gasteiger partial charge in [0.2, 0.25) is 5.91 Å². The first-order chi connectivity index (χ1) is 11.2. The zero-order valence-electron chi connectivity index (χ0n) is 13.6. The Kier molecular flexibility index (Phi) is 4.77. The number of carbonyl (C=O) groups is 1. The lowest BCUT2D eigenvalue weighted by Crippen LogP contribution is -2.16. The molecule has 0 aliphatic heterocycles. The van der Waals surface area contributed by atoms with Crippen LogP contribution in [0, 0.1) is 6.92 Å². The number of aliphatic hydroxyl groups is 1. The van der Waals surface area contributed by atoms with Gasteiger partial charge in [-0.15, -0.1) is 0 Å². The molecule has 0 fully saturated rings. The lowest BCUT2D eigenvalue weighted by molar-refractivity contribution is -0.115. The van der Waals surface area contributed by atoms with E-state index in [0.29, 0.717) is 6.42 Å². The van der Waals surface area contributed by atoms with Gasteiger partial charge in [0, 0.05) is 5.69 Å². The largest absolute Gasteiger partial charge is 0.392 e. The van der Waals surface area contributed by atoms with Gasteiger partial charge in [0.25, 0.3) is 0 Å². The van der Waals surface area contributed by atoms with Crippen molar-refractivity contribution in [2.24, 2.45) is 0 Å². The molecule has 1 aliphatic carbocycles. The third-order valence-corrected chi connectivity index (χ3v) is 4.54. The number of anilines is 1. The number of hydrogen-bond donors (Lipinski definition) is 2. The summed E-state index contributed by atoms with van der Waals surface area (Å²) in [5, 5.41) is 12.2. The Morgan fingerprint density at radius 1 is 1.04 bits per heavy atom. The average molecular weight is 309 g/mol. The Bertz CT molecular complexity index is 722. The molecule has 3 rings (SSSR count). The minimum absolute atomic E-state index is 0.0149. The molecule has 2 aromatic carbocycles. The van der Waals surface area contributed by atoms with Crippen molar-refractivity contribution in [3.8, 4) is 0 Å². The van der Waals surface area contributed by atoms with Crippen molar-refractivity contribution in [1.82, 2.24) is 0 Å². The minimum atomic E-state index is -0.0199. The van der Waals surface area contributed by atoms with Crippen LogP contribution >= 0.6 is 0 Å². The van der Waals surface area contributed by atoms with Crippen molar-refractivity contribution in [2.75, 3.05) is 5.32 Å². The molecule has 0 spiro atoms. The summed E-state index contributed by atoms with van der Waals surface area (Å²) < 4.78 is 0. The molecule has 0 radical (unpaired) electrons. The number of amides is 1. The van der Waals surface area contributed by atoms with Gasteiger partial charge in [-0.3, -0.25) is 4.79 Å². The van der Waals surface area contributed by atoms with E-state index in [1.54, 1.807) is 0 Å². The number of aliphatic hydroxyl groups excluding tert-OH is 1. The van der Waals surface area contributed by atoms with Crippen LogP contribution in [0.2, 0.25) is 0 Å². The van der Waals surface area contributed by atoms with Crippen LogP contribution in [0.1, 0.15) is 40.7 Å². The maximum Gasteiger partial charge on any atom is 0.228 e. The van der Waals surface area contributed by atoms with E-state index >= 15 is 0 Å². The van der Waals surface area contributed by atoms with Crippen LogP contribution in [-0.2, 0) is 30.7 Å². The Hall–Kier alpha value is -2.13. The fraction of sp³-hybridized carbons (Fsp3) is 0.350. The first-order valence-corrected chi connectivity index (χ1v) is 8.26. The molecule has 0 bridgehead atoms. The second-order valence-corrected chi connectivity index (χ2v) is 6.34. The minimum Gasteiger partial charge on any atom is -0.392 e. The third-order valence-electron chi connectivity index (χ3n) is 4.54. The molecule has 2 aromatic rings. The molecule has 3 nitrogen and oxygen atoms in total. The van der Waals surface area contributed by atoms with E-state index in [1.165, 1.54) is 24.0 Å². The zero-order valence-corrected chi connectivity index (χ0v) is 13.6. The summed E-state index contributed by atoms with van der Waals surface area (Å²) in [4.78, 5) is 12.3. The number of carbonyl (C=O) groups excluding carboxylic acids is 1. The normalized spacial score (nSPS) is 13.5. The molecule has 23 heavy (non-hydrogen) atoms. The smallest absolute Gasteiger partial charge is 0.228 e. The highest BCUT2D eigenvalue weighted by Gasteiger charge is 2.12. The van der Waals surface area contributed by atoms with Crippen LogP contribution in [0.5, 0.6) is 0 Å². The van der Waals surface area contributed by atoms with E-state index in [0.717, 1.165) is 35.2 Å². The summed E-state index contributed by atoms with van der Waals surface area (Å²) in [6.45, 7) is 1.93. The highest BCUT2D eigenvalue weighted by atomic mass is 16.3. The third kappa shape index (κ3) is 3.80. The quantitative estimate of drug-likeness (QED) is 0.907. The summed E-state index contributed by atoms with van der Waals surface area (Å²) in [6.07, 6.45) is 5.19. The average Bonchev–Trinajstić information content (AvgIpc) is 2.56. The fourth-order valence-electron chi connectivity index (χ4n) is 3.18. The number of aryl methyl sites for hydroxylation is 3. The second-order valence-electron chi connectivity index (χ2n) is 6.34. The highest BCUT2D eigenvalue weighted by molar-refractivity contribution is 5.93. The highest BCUT2D eigenvalue weighted by Crippen LogP contribution is 2.23. The van der Waals surface area contributed by atoms with Gasteiger partial charge in [-0.05, 0) is 66.5 Å². The van der Waals surface area contributed by atoms with Crippen LogP contribution in [-0.4, -0.2) is 11.0 Å². The lowest BCUT2D eigenvalue weighted by Gasteiger charge is -2.16. The molecule has 0 aromatic heterocycles. The van der Waals surface area contributed by atoms with Crippen molar-refractivity contribution in [1.29, 1.82) is 0 Å². The van der Waals surface area contributed by atoms with Gasteiger partial charge < -0.3 is 10.4 Å². The Balaban J connectivity index is 1.70. The molecule has 0 saturated heterocycles. The van der Waals surface area contributed by atoms with Crippen molar-refractivity contribution in [3.05, 3.63) is 64.2 Å². The summed E-state index contributed by atoms with van der Waals surface area (Å²) in [7, 11) is 0. The Morgan fingerprint density at radius 2 is 1.78 bits per heavy atom. The van der Waals surface area contributed by atoms with E-state index < -0.39 is 0 Å². The van der Waals surface area contributed by atoms with Crippen LogP contribution in [0.4, 0.5) is 5.69 Å². The summed E-state index contributed by atoms with van der Waals surface area (Å²) in [5.41, 5.74) is 6.49. The van der Waals surface area contributed by atoms with Gasteiger partial charge in [0.15, 0.2) is 0 Å². The van der Waals surface area contributed by atoms with E-state index in [-0.39, 0.29) is 12.5 Å². The second kappa shape index (κ2) is 6.97.